The van der Waals surface area contributed by atoms with E-state index < -0.39 is 0 Å². The van der Waals surface area contributed by atoms with Crippen LogP contribution >= 0.6 is 23.6 Å². The number of methoxy groups -OCH3 is 1. The van der Waals surface area contributed by atoms with Gasteiger partial charge >= 0.3 is 0 Å². The van der Waals surface area contributed by atoms with Crippen molar-refractivity contribution in [2.24, 2.45) is 0 Å². The van der Waals surface area contributed by atoms with Crippen LogP contribution in [0.4, 0.5) is 0 Å². The molecule has 0 amide bonds. The van der Waals surface area contributed by atoms with E-state index in [1.807, 2.05) is 0 Å². The molecule has 0 radical (unpaired) electrons. The number of rotatable bonds is 7. The Hall–Kier alpha value is -1.43. The van der Waals surface area contributed by atoms with Crippen molar-refractivity contribution < 1.29 is 4.74 Å². The molecule has 0 aliphatic rings. The first-order valence-electron chi connectivity index (χ1n) is 7.40. The summed E-state index contributed by atoms with van der Waals surface area (Å²) in [6, 6.07) is 13.0. The molecule has 1 aromatic heterocycles. The fraction of sp³-hybridized carbons (Fsp3) is 0.353. The molecule has 0 fully saturated rings. The molecular formula is C17H22N2OS2. The summed E-state index contributed by atoms with van der Waals surface area (Å²) in [5.74, 6) is 0. The highest BCUT2D eigenvalue weighted by atomic mass is 32.1. The van der Waals surface area contributed by atoms with Gasteiger partial charge in [0.15, 0.2) is 5.11 Å². The molecule has 2 rings (SSSR count). The zero-order valence-electron chi connectivity index (χ0n) is 13.0. The van der Waals surface area contributed by atoms with Gasteiger partial charge in [-0.25, -0.2) is 0 Å². The number of nitrogens with one attached hydrogen (secondary N) is 2. The van der Waals surface area contributed by atoms with Gasteiger partial charge in [0.25, 0.3) is 0 Å². The minimum absolute atomic E-state index is 0.0773. The molecule has 0 aliphatic carbocycles. The maximum atomic E-state index is 5.39. The number of hydrogen-bond donors (Lipinski definition) is 2. The van der Waals surface area contributed by atoms with Gasteiger partial charge in [-0.05, 0) is 41.2 Å². The Labute approximate surface area is 141 Å². The van der Waals surface area contributed by atoms with Crippen LogP contribution in [0.5, 0.6) is 0 Å². The molecule has 1 heterocycles. The third kappa shape index (κ3) is 4.80. The second-order valence-electron chi connectivity index (χ2n) is 4.94. The minimum atomic E-state index is 0.0773. The zero-order chi connectivity index (χ0) is 15.8. The quantitative estimate of drug-likeness (QED) is 0.600. The van der Waals surface area contributed by atoms with Crippen LogP contribution in [0.25, 0.3) is 0 Å². The van der Waals surface area contributed by atoms with Crippen molar-refractivity contribution in [1.82, 2.24) is 10.6 Å². The predicted octanol–water partition coefficient (Wildman–Crippen LogP) is 3.51. The topological polar surface area (TPSA) is 33.3 Å². The summed E-state index contributed by atoms with van der Waals surface area (Å²) < 4.78 is 5.03. The van der Waals surface area contributed by atoms with E-state index in [1.54, 1.807) is 18.4 Å². The zero-order valence-corrected chi connectivity index (χ0v) is 14.6. The summed E-state index contributed by atoms with van der Waals surface area (Å²) in [5.41, 5.74) is 2.56. The first-order valence-corrected chi connectivity index (χ1v) is 8.69. The molecular weight excluding hydrogens is 312 g/mol. The van der Waals surface area contributed by atoms with E-state index in [0.717, 1.165) is 6.42 Å². The Kier molecular flexibility index (Phi) is 6.83. The van der Waals surface area contributed by atoms with Crippen LogP contribution in [-0.2, 0) is 11.2 Å². The van der Waals surface area contributed by atoms with Gasteiger partial charge in [0.1, 0.15) is 0 Å². The molecule has 5 heteroatoms. The van der Waals surface area contributed by atoms with Gasteiger partial charge in [0.05, 0.1) is 12.6 Å². The highest BCUT2D eigenvalue weighted by Crippen LogP contribution is 2.26. The molecule has 0 bridgehead atoms. The number of thiocarbonyl (C=S) groups is 1. The van der Waals surface area contributed by atoms with Gasteiger partial charge in [-0.1, -0.05) is 37.3 Å². The smallest absolute Gasteiger partial charge is 0.167 e. The van der Waals surface area contributed by atoms with Crippen molar-refractivity contribution in [3.63, 3.8) is 0 Å². The Bertz CT molecular complexity index is 567. The number of benzene rings is 1. The summed E-state index contributed by atoms with van der Waals surface area (Å²) in [6.07, 6.45) is 1.05. The summed E-state index contributed by atoms with van der Waals surface area (Å²) in [6.45, 7) is 3.50. The van der Waals surface area contributed by atoms with Crippen molar-refractivity contribution in [3.05, 3.63) is 57.8 Å². The monoisotopic (exact) mass is 334 g/mol. The molecule has 0 spiro atoms. The third-order valence-corrected chi connectivity index (χ3v) is 4.62. The fourth-order valence-corrected chi connectivity index (χ4v) is 3.19. The molecule has 0 saturated heterocycles. The highest BCUT2D eigenvalue weighted by Gasteiger charge is 2.16. The average molecular weight is 335 g/mol. The van der Waals surface area contributed by atoms with Crippen LogP contribution in [0.2, 0.25) is 0 Å². The first kappa shape index (κ1) is 16.9. The maximum absolute atomic E-state index is 5.39. The lowest BCUT2D eigenvalue weighted by molar-refractivity contribution is 0.204. The summed E-state index contributed by atoms with van der Waals surface area (Å²) in [5, 5.41) is 9.31. The van der Waals surface area contributed by atoms with Crippen LogP contribution in [0.3, 0.4) is 0 Å². The van der Waals surface area contributed by atoms with Crippen LogP contribution in [0.15, 0.2) is 41.8 Å². The molecule has 2 N–H and O–H groups in total. The standard InChI is InChI=1S/C17H22N2OS2/c1-3-13-6-8-14(9-7-13)16(15-5-4-12-22-15)19-17(21)18-10-11-20-2/h4-9,12,16H,3,10-11H2,1-2H3,(H2,18,19,21)/t16-/m0/s1. The lowest BCUT2D eigenvalue weighted by Gasteiger charge is -2.20. The van der Waals surface area contributed by atoms with E-state index in [-0.39, 0.29) is 6.04 Å². The van der Waals surface area contributed by atoms with Crippen molar-refractivity contribution in [1.29, 1.82) is 0 Å². The van der Waals surface area contributed by atoms with E-state index in [1.165, 1.54) is 16.0 Å². The molecule has 0 unspecified atom stereocenters. The molecule has 22 heavy (non-hydrogen) atoms. The molecule has 118 valence electrons. The summed E-state index contributed by atoms with van der Waals surface area (Å²) >= 11 is 7.12. The van der Waals surface area contributed by atoms with E-state index in [2.05, 4.69) is 59.3 Å². The Morgan fingerprint density at radius 1 is 1.27 bits per heavy atom. The Morgan fingerprint density at radius 2 is 2.05 bits per heavy atom. The van der Waals surface area contributed by atoms with Gasteiger partial charge < -0.3 is 15.4 Å². The van der Waals surface area contributed by atoms with E-state index in [0.29, 0.717) is 18.3 Å². The fourth-order valence-electron chi connectivity index (χ4n) is 2.17. The molecule has 3 nitrogen and oxygen atoms in total. The molecule has 0 saturated carbocycles. The lowest BCUT2D eigenvalue weighted by atomic mass is 10.0. The third-order valence-electron chi connectivity index (χ3n) is 3.42. The number of ether oxygens (including phenoxy) is 1. The second-order valence-corrected chi connectivity index (χ2v) is 6.32. The van der Waals surface area contributed by atoms with Gasteiger partial charge in [-0.3, -0.25) is 0 Å². The van der Waals surface area contributed by atoms with Gasteiger partial charge in [0.2, 0.25) is 0 Å². The second kappa shape index (κ2) is 8.88. The van der Waals surface area contributed by atoms with Crippen molar-refractivity contribution in [2.45, 2.75) is 19.4 Å². The Morgan fingerprint density at radius 3 is 2.64 bits per heavy atom. The number of aryl methyl sites for hydroxylation is 1. The van der Waals surface area contributed by atoms with E-state index in [9.17, 15) is 0 Å². The predicted molar refractivity (Wildman–Crippen MR) is 97.6 cm³/mol. The summed E-state index contributed by atoms with van der Waals surface area (Å²) in [7, 11) is 1.68. The van der Waals surface area contributed by atoms with Crippen LogP contribution in [-0.4, -0.2) is 25.4 Å². The van der Waals surface area contributed by atoms with Gasteiger partial charge in [-0.2, -0.15) is 0 Å². The average Bonchev–Trinajstić information content (AvgIpc) is 3.07. The van der Waals surface area contributed by atoms with Gasteiger partial charge in [0, 0.05) is 18.5 Å². The number of hydrogen-bond acceptors (Lipinski definition) is 3. The SMILES string of the molecule is CCc1ccc([C@H](NC(=S)NCCOC)c2cccs2)cc1. The van der Waals surface area contributed by atoms with Gasteiger partial charge in [-0.15, -0.1) is 11.3 Å². The van der Waals surface area contributed by atoms with Crippen LogP contribution < -0.4 is 10.6 Å². The highest BCUT2D eigenvalue weighted by molar-refractivity contribution is 7.80. The molecule has 1 atom stereocenters. The van der Waals surface area contributed by atoms with Crippen molar-refractivity contribution >= 4 is 28.7 Å². The van der Waals surface area contributed by atoms with Crippen molar-refractivity contribution in [2.75, 3.05) is 20.3 Å². The van der Waals surface area contributed by atoms with E-state index in [4.69, 9.17) is 17.0 Å². The molecule has 0 aliphatic heterocycles. The number of thiophene rings is 1. The molecule has 2 aromatic rings. The van der Waals surface area contributed by atoms with Crippen LogP contribution in [0.1, 0.15) is 29.0 Å². The summed E-state index contributed by atoms with van der Waals surface area (Å²) in [4.78, 5) is 1.25. The normalized spacial score (nSPS) is 11.9. The van der Waals surface area contributed by atoms with Crippen LogP contribution in [0, 0.1) is 0 Å². The molecule has 1 aromatic carbocycles. The lowest BCUT2D eigenvalue weighted by Crippen LogP contribution is -2.39. The maximum Gasteiger partial charge on any atom is 0.167 e. The Balaban J connectivity index is 2.11. The first-order chi connectivity index (χ1) is 10.7. The largest absolute Gasteiger partial charge is 0.383 e. The minimum Gasteiger partial charge on any atom is -0.383 e. The van der Waals surface area contributed by atoms with Crippen molar-refractivity contribution in [3.8, 4) is 0 Å². The van der Waals surface area contributed by atoms with E-state index >= 15 is 0 Å².